The van der Waals surface area contributed by atoms with Gasteiger partial charge in [-0.05, 0) is 68.1 Å². The first-order chi connectivity index (χ1) is 15.7. The first kappa shape index (κ1) is 21.8. The van der Waals surface area contributed by atoms with Gasteiger partial charge in [-0.15, -0.1) is 0 Å². The summed E-state index contributed by atoms with van der Waals surface area (Å²) in [5, 5.41) is 4.15. The minimum absolute atomic E-state index is 0.0736. The Morgan fingerprint density at radius 3 is 2.73 bits per heavy atom. The molecule has 3 N–H and O–H groups in total. The molecule has 33 heavy (non-hydrogen) atoms. The van der Waals surface area contributed by atoms with E-state index in [1.54, 1.807) is 13.0 Å². The molecule has 1 aromatic heterocycles. The van der Waals surface area contributed by atoms with Crippen LogP contribution in [0.5, 0.6) is 0 Å². The second-order valence-electron chi connectivity index (χ2n) is 8.83. The highest BCUT2D eigenvalue weighted by atomic mass is 19.4. The number of anilines is 3. The van der Waals surface area contributed by atoms with Gasteiger partial charge in [0.2, 0.25) is 0 Å². The predicted molar refractivity (Wildman–Crippen MR) is 122 cm³/mol. The van der Waals surface area contributed by atoms with Crippen LogP contribution in [0.4, 0.5) is 30.4 Å². The van der Waals surface area contributed by atoms with Crippen LogP contribution in [0.1, 0.15) is 41.9 Å². The van der Waals surface area contributed by atoms with Crippen LogP contribution in [-0.4, -0.2) is 35.8 Å². The lowest BCUT2D eigenvalue weighted by Gasteiger charge is -2.26. The average molecular weight is 458 g/mol. The van der Waals surface area contributed by atoms with Gasteiger partial charge in [0.25, 0.3) is 0 Å². The van der Waals surface area contributed by atoms with Crippen LogP contribution in [0.15, 0.2) is 30.3 Å². The third-order valence-corrected chi connectivity index (χ3v) is 6.44. The van der Waals surface area contributed by atoms with Crippen molar-refractivity contribution in [2.45, 2.75) is 44.9 Å². The van der Waals surface area contributed by atoms with Crippen molar-refractivity contribution >= 4 is 28.1 Å². The largest absolute Gasteiger partial charge is 0.416 e. The number of fused-ring (bicyclic) bond motifs is 2. The van der Waals surface area contributed by atoms with Crippen molar-refractivity contribution in [2.24, 2.45) is 0 Å². The van der Waals surface area contributed by atoms with Gasteiger partial charge in [-0.1, -0.05) is 0 Å². The molecule has 0 aliphatic carbocycles. The molecule has 174 valence electrons. The van der Waals surface area contributed by atoms with Crippen molar-refractivity contribution in [1.29, 1.82) is 0 Å². The molecule has 1 saturated heterocycles. The van der Waals surface area contributed by atoms with E-state index in [2.05, 4.69) is 32.3 Å². The second kappa shape index (κ2) is 8.06. The zero-order chi connectivity index (χ0) is 23.3. The van der Waals surface area contributed by atoms with Crippen molar-refractivity contribution in [3.63, 3.8) is 0 Å². The Kier molecular flexibility index (Phi) is 5.31. The van der Waals surface area contributed by atoms with E-state index < -0.39 is 17.8 Å². The van der Waals surface area contributed by atoms with E-state index in [0.717, 1.165) is 61.3 Å². The number of nitrogens with zero attached hydrogens (tertiary/aromatic N) is 3. The molecule has 3 heterocycles. The fourth-order valence-electron chi connectivity index (χ4n) is 4.79. The Morgan fingerprint density at radius 1 is 1.18 bits per heavy atom. The van der Waals surface area contributed by atoms with Crippen molar-refractivity contribution in [1.82, 2.24) is 9.97 Å². The summed E-state index contributed by atoms with van der Waals surface area (Å²) < 4.78 is 45.4. The number of alkyl halides is 3. The highest BCUT2D eigenvalue weighted by Gasteiger charge is 2.32. The number of aryl methyl sites for hydroxylation is 1. The number of nitrogens with two attached hydrogens (primary N) is 1. The van der Waals surface area contributed by atoms with Gasteiger partial charge in [-0.3, -0.25) is 0 Å². The summed E-state index contributed by atoms with van der Waals surface area (Å²) in [6.07, 6.45) is -2.51. The Labute approximate surface area is 190 Å². The standard InChI is InChI=1S/C24H26F3N5O/c1-13(16-7-17(24(25,26)27)10-18(28)8-16)29-23-20-11-22-15(9-21(20)30-14(2)31-23)3-5-32(22)19-4-6-33-12-19/h7-11,13,19H,3-6,12,28H2,1-2H3,(H,29,30,31). The maximum absolute atomic E-state index is 13.3. The van der Waals surface area contributed by atoms with Crippen molar-refractivity contribution in [2.75, 3.05) is 35.7 Å². The smallest absolute Gasteiger partial charge is 0.399 e. The Balaban J connectivity index is 1.52. The van der Waals surface area contributed by atoms with Crippen LogP contribution in [0.25, 0.3) is 10.9 Å². The maximum Gasteiger partial charge on any atom is 0.416 e. The molecule has 2 aliphatic heterocycles. The summed E-state index contributed by atoms with van der Waals surface area (Å²) in [5.41, 5.74) is 8.75. The molecule has 3 aromatic rings. The second-order valence-corrected chi connectivity index (χ2v) is 8.83. The number of aromatic nitrogens is 2. The molecular weight excluding hydrogens is 431 g/mol. The minimum atomic E-state index is -4.46. The van der Waals surface area contributed by atoms with E-state index in [1.165, 1.54) is 5.56 Å². The quantitative estimate of drug-likeness (QED) is 0.545. The first-order valence-corrected chi connectivity index (χ1v) is 11.1. The first-order valence-electron chi connectivity index (χ1n) is 11.1. The van der Waals surface area contributed by atoms with E-state index in [0.29, 0.717) is 23.2 Å². The van der Waals surface area contributed by atoms with Crippen molar-refractivity contribution < 1.29 is 17.9 Å². The lowest BCUT2D eigenvalue weighted by atomic mass is 10.0. The summed E-state index contributed by atoms with van der Waals surface area (Å²) in [7, 11) is 0. The summed E-state index contributed by atoms with van der Waals surface area (Å²) in [6, 6.07) is 7.76. The van der Waals surface area contributed by atoms with E-state index in [4.69, 9.17) is 10.5 Å². The SMILES string of the molecule is Cc1nc(NC(C)c2cc(N)cc(C(F)(F)F)c2)c2cc3c(cc2n1)CCN3C1CCOC1. The molecule has 5 rings (SSSR count). The van der Waals surface area contributed by atoms with Gasteiger partial charge in [0.1, 0.15) is 11.6 Å². The summed E-state index contributed by atoms with van der Waals surface area (Å²) in [6.45, 7) is 6.05. The number of hydrogen-bond donors (Lipinski definition) is 2. The number of ether oxygens (including phenoxy) is 1. The van der Waals surface area contributed by atoms with E-state index in [1.807, 2.05) is 6.92 Å². The molecule has 6 nitrogen and oxygen atoms in total. The summed E-state index contributed by atoms with van der Waals surface area (Å²) in [4.78, 5) is 11.6. The predicted octanol–water partition coefficient (Wildman–Crippen LogP) is 4.86. The van der Waals surface area contributed by atoms with Crippen LogP contribution < -0.4 is 16.0 Å². The highest BCUT2D eigenvalue weighted by molar-refractivity contribution is 5.93. The highest BCUT2D eigenvalue weighted by Crippen LogP contribution is 2.38. The Hall–Kier alpha value is -3.07. The monoisotopic (exact) mass is 457 g/mol. The molecule has 2 aromatic carbocycles. The van der Waals surface area contributed by atoms with E-state index in [-0.39, 0.29) is 5.69 Å². The number of nitrogen functional groups attached to an aromatic ring is 1. The van der Waals surface area contributed by atoms with E-state index >= 15 is 0 Å². The lowest BCUT2D eigenvalue weighted by molar-refractivity contribution is -0.137. The van der Waals surface area contributed by atoms with Crippen LogP contribution in [0.2, 0.25) is 0 Å². The summed E-state index contributed by atoms with van der Waals surface area (Å²) >= 11 is 0. The van der Waals surface area contributed by atoms with Gasteiger partial charge >= 0.3 is 6.18 Å². The third kappa shape index (κ3) is 4.17. The molecule has 2 unspecified atom stereocenters. The number of rotatable bonds is 4. The molecule has 0 radical (unpaired) electrons. The molecular formula is C24H26F3N5O. The van der Waals surface area contributed by atoms with Gasteiger partial charge in [0.05, 0.1) is 29.8 Å². The van der Waals surface area contributed by atoms with Crippen LogP contribution in [0.3, 0.4) is 0 Å². The van der Waals surface area contributed by atoms with Gasteiger partial charge in [0, 0.05) is 29.9 Å². The van der Waals surface area contributed by atoms with Crippen molar-refractivity contribution in [3.05, 3.63) is 52.8 Å². The minimum Gasteiger partial charge on any atom is -0.399 e. The maximum atomic E-state index is 13.3. The zero-order valence-corrected chi connectivity index (χ0v) is 18.5. The third-order valence-electron chi connectivity index (χ3n) is 6.44. The fraction of sp³-hybridized carbons (Fsp3) is 0.417. The van der Waals surface area contributed by atoms with Crippen molar-refractivity contribution in [3.8, 4) is 0 Å². The van der Waals surface area contributed by atoms with Gasteiger partial charge < -0.3 is 20.7 Å². The molecule has 1 fully saturated rings. The lowest BCUT2D eigenvalue weighted by Crippen LogP contribution is -2.34. The van der Waals surface area contributed by atoms with Crippen LogP contribution >= 0.6 is 0 Å². The van der Waals surface area contributed by atoms with Gasteiger partial charge in [-0.2, -0.15) is 13.2 Å². The zero-order valence-electron chi connectivity index (χ0n) is 18.5. The number of nitrogens with one attached hydrogen (secondary N) is 1. The fourth-order valence-corrected chi connectivity index (χ4v) is 4.79. The average Bonchev–Trinajstić information content (AvgIpc) is 3.40. The topological polar surface area (TPSA) is 76.3 Å². The molecule has 2 aliphatic rings. The molecule has 0 saturated carbocycles. The summed E-state index contributed by atoms with van der Waals surface area (Å²) in [5.74, 6) is 1.19. The van der Waals surface area contributed by atoms with E-state index in [9.17, 15) is 13.2 Å². The number of halogens is 3. The van der Waals surface area contributed by atoms with Gasteiger partial charge in [-0.25, -0.2) is 9.97 Å². The molecule has 0 amide bonds. The Bertz CT molecular complexity index is 1210. The van der Waals surface area contributed by atoms with Gasteiger partial charge in [0.15, 0.2) is 0 Å². The molecule has 0 spiro atoms. The number of hydrogen-bond acceptors (Lipinski definition) is 6. The Morgan fingerprint density at radius 2 is 2.00 bits per heavy atom. The molecule has 0 bridgehead atoms. The molecule has 9 heteroatoms. The van der Waals surface area contributed by atoms with Crippen LogP contribution in [0, 0.1) is 6.92 Å². The number of benzene rings is 2. The van der Waals surface area contributed by atoms with Crippen LogP contribution in [-0.2, 0) is 17.3 Å². The molecule has 2 atom stereocenters. The normalized spacial score (nSPS) is 19.2.